The first-order valence-electron chi connectivity index (χ1n) is 26.8. The van der Waals surface area contributed by atoms with Crippen LogP contribution in [0.25, 0.3) is 99.1 Å². The third-order valence-electron chi connectivity index (χ3n) is 15.4. The first kappa shape index (κ1) is 46.3. The Hall–Kier alpha value is -10.3. The smallest absolute Gasteiger partial charge is 0.0541 e. The molecule has 0 radical (unpaired) electrons. The summed E-state index contributed by atoms with van der Waals surface area (Å²) < 4.78 is 0. The quantitative estimate of drug-likeness (QED) is 0.113. The second kappa shape index (κ2) is 20.1. The van der Waals surface area contributed by atoms with Crippen molar-refractivity contribution in [2.75, 3.05) is 9.80 Å². The van der Waals surface area contributed by atoms with Crippen molar-refractivity contribution in [3.63, 3.8) is 0 Å². The topological polar surface area (TPSA) is 6.48 Å². The first-order valence-corrected chi connectivity index (χ1v) is 26.8. The molecule has 0 aromatic heterocycles. The Kier molecular flexibility index (Phi) is 11.9. The molecule has 0 aliphatic rings. The summed E-state index contributed by atoms with van der Waals surface area (Å²) in [4.78, 5) is 5.05. The van der Waals surface area contributed by atoms with Gasteiger partial charge < -0.3 is 9.80 Å². The molecule has 2 nitrogen and oxygen atoms in total. The van der Waals surface area contributed by atoms with Crippen molar-refractivity contribution >= 4 is 66.4 Å². The van der Waals surface area contributed by atoms with E-state index >= 15 is 0 Å². The van der Waals surface area contributed by atoms with Crippen LogP contribution >= 0.6 is 0 Å². The molecule has 0 aliphatic heterocycles. The van der Waals surface area contributed by atoms with Gasteiger partial charge in [0.1, 0.15) is 0 Å². The molecule has 14 aromatic carbocycles. The molecule has 366 valence electrons. The Balaban J connectivity index is 1.05. The van der Waals surface area contributed by atoms with Crippen molar-refractivity contribution in [3.05, 3.63) is 315 Å². The fraction of sp³-hybridized carbons (Fsp3) is 0. The van der Waals surface area contributed by atoms with Crippen LogP contribution in [0.15, 0.2) is 315 Å². The van der Waals surface area contributed by atoms with Crippen LogP contribution in [0.4, 0.5) is 34.1 Å². The molecule has 0 heterocycles. The second-order valence-corrected chi connectivity index (χ2v) is 20.0. The number of hydrogen-bond donors (Lipinski definition) is 0. The summed E-state index contributed by atoms with van der Waals surface area (Å²) in [5.74, 6) is 0. The molecule has 0 atom stereocenters. The molecular formula is C76H52N2. The van der Waals surface area contributed by atoms with Crippen LogP contribution in [-0.4, -0.2) is 0 Å². The number of nitrogens with zero attached hydrogens (tertiary/aromatic N) is 2. The maximum Gasteiger partial charge on any atom is 0.0541 e. The zero-order chi connectivity index (χ0) is 51.8. The van der Waals surface area contributed by atoms with Gasteiger partial charge in [-0.2, -0.15) is 0 Å². The highest BCUT2D eigenvalue weighted by Crippen LogP contribution is 2.53. The normalized spacial score (nSPS) is 11.3. The van der Waals surface area contributed by atoms with Gasteiger partial charge in [-0.25, -0.2) is 0 Å². The van der Waals surface area contributed by atoms with Crippen LogP contribution in [0.2, 0.25) is 0 Å². The summed E-state index contributed by atoms with van der Waals surface area (Å²) in [7, 11) is 0. The summed E-state index contributed by atoms with van der Waals surface area (Å²) in [5, 5.41) is 7.18. The van der Waals surface area contributed by atoms with Crippen LogP contribution in [0.3, 0.4) is 0 Å². The summed E-state index contributed by atoms with van der Waals surface area (Å²) >= 11 is 0. The summed E-state index contributed by atoms with van der Waals surface area (Å²) in [6.45, 7) is 0. The molecule has 0 bridgehead atoms. The Morgan fingerprint density at radius 3 is 0.795 bits per heavy atom. The highest BCUT2D eigenvalue weighted by atomic mass is 15.2. The molecule has 78 heavy (non-hydrogen) atoms. The highest BCUT2D eigenvalue weighted by Gasteiger charge is 2.27. The number of anilines is 6. The predicted molar refractivity (Wildman–Crippen MR) is 332 cm³/mol. The predicted octanol–water partition coefficient (Wildman–Crippen LogP) is 21.5. The second-order valence-electron chi connectivity index (χ2n) is 20.0. The van der Waals surface area contributed by atoms with Crippen molar-refractivity contribution in [1.29, 1.82) is 0 Å². The third kappa shape index (κ3) is 8.34. The lowest BCUT2D eigenvalue weighted by Crippen LogP contribution is -2.14. The molecule has 14 aromatic rings. The van der Waals surface area contributed by atoms with Crippen LogP contribution in [0, 0.1) is 0 Å². The summed E-state index contributed by atoms with van der Waals surface area (Å²) in [6, 6.07) is 115. The fourth-order valence-electron chi connectivity index (χ4n) is 11.8. The first-order chi connectivity index (χ1) is 38.7. The van der Waals surface area contributed by atoms with Crippen molar-refractivity contribution in [1.82, 2.24) is 0 Å². The Labute approximate surface area is 456 Å². The average molecular weight is 993 g/mol. The number of para-hydroxylation sites is 2. The molecular weight excluding hydrogens is 941 g/mol. The molecule has 0 N–H and O–H groups in total. The van der Waals surface area contributed by atoms with Gasteiger partial charge >= 0.3 is 0 Å². The Morgan fingerprint density at radius 1 is 0.167 bits per heavy atom. The maximum atomic E-state index is 2.52. The molecule has 0 spiro atoms. The van der Waals surface area contributed by atoms with Gasteiger partial charge in [-0.15, -0.1) is 0 Å². The van der Waals surface area contributed by atoms with E-state index in [0.29, 0.717) is 0 Å². The molecule has 0 unspecified atom stereocenters. The van der Waals surface area contributed by atoms with Gasteiger partial charge in [0.15, 0.2) is 0 Å². The minimum Gasteiger partial charge on any atom is -0.309 e. The van der Waals surface area contributed by atoms with Crippen LogP contribution < -0.4 is 9.80 Å². The number of rotatable bonds is 12. The number of hydrogen-bond acceptors (Lipinski definition) is 2. The van der Waals surface area contributed by atoms with Crippen molar-refractivity contribution < 1.29 is 0 Å². The van der Waals surface area contributed by atoms with E-state index in [1.807, 2.05) is 0 Å². The van der Waals surface area contributed by atoms with E-state index in [2.05, 4.69) is 325 Å². The zero-order valence-electron chi connectivity index (χ0n) is 42.9. The van der Waals surface area contributed by atoms with E-state index in [1.54, 1.807) is 0 Å². The lowest BCUT2D eigenvalue weighted by molar-refractivity contribution is 1.30. The van der Waals surface area contributed by atoms with Gasteiger partial charge in [0.2, 0.25) is 0 Å². The maximum absolute atomic E-state index is 2.52. The lowest BCUT2D eigenvalue weighted by atomic mass is 9.90. The number of benzene rings is 14. The third-order valence-corrected chi connectivity index (χ3v) is 15.4. The Bertz CT molecular complexity index is 4120. The van der Waals surface area contributed by atoms with Crippen molar-refractivity contribution in [2.24, 2.45) is 0 Å². The van der Waals surface area contributed by atoms with Crippen molar-refractivity contribution in [2.45, 2.75) is 0 Å². The molecule has 0 fully saturated rings. The molecule has 0 aliphatic carbocycles. The average Bonchev–Trinajstić information content (AvgIpc) is 3.58. The fourth-order valence-corrected chi connectivity index (χ4v) is 11.8. The van der Waals surface area contributed by atoms with E-state index in [-0.39, 0.29) is 0 Å². The van der Waals surface area contributed by atoms with E-state index in [9.17, 15) is 0 Å². The molecule has 14 rings (SSSR count). The van der Waals surface area contributed by atoms with Crippen molar-refractivity contribution in [3.8, 4) is 66.8 Å². The molecule has 0 saturated carbocycles. The minimum absolute atomic E-state index is 1.09. The largest absolute Gasteiger partial charge is 0.309 e. The zero-order valence-corrected chi connectivity index (χ0v) is 42.9. The lowest BCUT2D eigenvalue weighted by Gasteiger charge is -2.33. The molecule has 2 heteroatoms. The van der Waals surface area contributed by atoms with E-state index in [0.717, 1.165) is 78.6 Å². The van der Waals surface area contributed by atoms with Gasteiger partial charge in [0, 0.05) is 33.0 Å². The SMILES string of the molecule is c1ccc(-c2ccc(N(c3ccccc3-c3ccccc3)c3ccc4ccc5c(N(c6ccccc6-c6ccccc6)c6ccc(-c7ccccc7)cc6-c6ccccc6)ccc6ccc3c4c65)c(-c3ccccc3)c2)cc1. The standard InChI is InChI=1S/C76H52N2/c1-7-23-53(24-8-1)61-43-49-73(67(51-61)57-31-15-5-16-32-57)77(69-37-21-19-35-63(69)55-27-11-3-12-28-55)71-47-41-59-40-46-66-72(48-42-60-39-45-65(71)75(59)76(60)66)78(70-38-22-20-36-64(70)56-29-13-4-14-30-56)74-50-44-62(54-25-9-2-10-26-54)52-68(74)58-33-17-6-18-34-58/h1-52H. The molecule has 0 saturated heterocycles. The summed E-state index contributed by atoms with van der Waals surface area (Å²) in [6.07, 6.45) is 0. The van der Waals surface area contributed by atoms with Crippen LogP contribution in [0.5, 0.6) is 0 Å². The van der Waals surface area contributed by atoms with E-state index in [4.69, 9.17) is 0 Å². The van der Waals surface area contributed by atoms with Gasteiger partial charge in [0.05, 0.1) is 34.1 Å². The van der Waals surface area contributed by atoms with Gasteiger partial charge in [-0.05, 0) is 115 Å². The van der Waals surface area contributed by atoms with E-state index in [1.165, 1.54) is 54.6 Å². The molecule has 0 amide bonds. The summed E-state index contributed by atoms with van der Waals surface area (Å²) in [5.41, 5.74) is 20.5. The Morgan fingerprint density at radius 2 is 0.436 bits per heavy atom. The minimum atomic E-state index is 1.09. The van der Waals surface area contributed by atoms with Crippen LogP contribution in [-0.2, 0) is 0 Å². The monoisotopic (exact) mass is 992 g/mol. The highest BCUT2D eigenvalue weighted by molar-refractivity contribution is 6.28. The van der Waals surface area contributed by atoms with Crippen LogP contribution in [0.1, 0.15) is 0 Å². The van der Waals surface area contributed by atoms with Gasteiger partial charge in [-0.1, -0.05) is 267 Å². The van der Waals surface area contributed by atoms with Gasteiger partial charge in [0.25, 0.3) is 0 Å². The van der Waals surface area contributed by atoms with Gasteiger partial charge in [-0.3, -0.25) is 0 Å². The van der Waals surface area contributed by atoms with E-state index < -0.39 is 0 Å².